The summed E-state index contributed by atoms with van der Waals surface area (Å²) in [7, 11) is -2.73. The molecule has 0 spiro atoms. The number of guanidine groups is 1. The lowest BCUT2D eigenvalue weighted by atomic mass is 10.2. The fourth-order valence-corrected chi connectivity index (χ4v) is 2.77. The van der Waals surface area contributed by atoms with Crippen LogP contribution >= 0.6 is 0 Å². The van der Waals surface area contributed by atoms with Gasteiger partial charge in [-0.15, -0.1) is 4.40 Å². The monoisotopic (exact) mass is 365 g/mol. The molecule has 132 valence electrons. The van der Waals surface area contributed by atoms with Crippen molar-refractivity contribution in [3.8, 4) is 5.75 Å². The van der Waals surface area contributed by atoms with Crippen molar-refractivity contribution < 1.29 is 18.1 Å². The second-order valence-corrected chi connectivity index (χ2v) is 6.39. The Bertz CT molecular complexity index is 925. The predicted octanol–water partition coefficient (Wildman–Crippen LogP) is 1.30. The zero-order chi connectivity index (χ0) is 18.6. The van der Waals surface area contributed by atoms with E-state index in [1.54, 1.807) is 0 Å². The first-order valence-corrected chi connectivity index (χ1v) is 8.22. The molecule has 0 bridgehead atoms. The second-order valence-electron chi connectivity index (χ2n) is 4.79. The molecule has 0 amide bonds. The van der Waals surface area contributed by atoms with Gasteiger partial charge in [-0.25, -0.2) is 0 Å². The van der Waals surface area contributed by atoms with E-state index in [0.29, 0.717) is 5.69 Å². The molecule has 0 heterocycles. The third-order valence-electron chi connectivity index (χ3n) is 3.06. The van der Waals surface area contributed by atoms with Gasteiger partial charge in [0.15, 0.2) is 0 Å². The van der Waals surface area contributed by atoms with E-state index in [1.807, 2.05) is 0 Å². The summed E-state index contributed by atoms with van der Waals surface area (Å²) < 4.78 is 32.6. The molecule has 0 aliphatic carbocycles. The first-order valence-electron chi connectivity index (χ1n) is 6.78. The van der Waals surface area contributed by atoms with Crippen molar-refractivity contribution in [1.29, 1.82) is 0 Å². The number of methoxy groups -OCH3 is 1. The van der Waals surface area contributed by atoms with Crippen LogP contribution in [0.25, 0.3) is 0 Å². The van der Waals surface area contributed by atoms with Crippen molar-refractivity contribution in [2.24, 2.45) is 10.1 Å². The minimum atomic E-state index is -4.09. The van der Waals surface area contributed by atoms with Gasteiger partial charge in [0.05, 0.1) is 23.0 Å². The van der Waals surface area contributed by atoms with Crippen LogP contribution in [0.2, 0.25) is 0 Å². The highest BCUT2D eigenvalue weighted by Gasteiger charge is 2.18. The summed E-state index contributed by atoms with van der Waals surface area (Å²) in [5.41, 5.74) is 11.1. The molecule has 0 aliphatic heterocycles. The van der Waals surface area contributed by atoms with E-state index < -0.39 is 20.9 Å². The van der Waals surface area contributed by atoms with Crippen LogP contribution in [0, 0.1) is 10.1 Å². The van der Waals surface area contributed by atoms with E-state index in [2.05, 4.69) is 9.71 Å². The summed E-state index contributed by atoms with van der Waals surface area (Å²) in [4.78, 5) is 10.3. The van der Waals surface area contributed by atoms with Crippen molar-refractivity contribution in [2.75, 3.05) is 18.2 Å². The lowest BCUT2D eigenvalue weighted by Gasteiger charge is -2.08. The van der Waals surface area contributed by atoms with Gasteiger partial charge in [-0.3, -0.25) is 10.1 Å². The molecule has 0 atom stereocenters. The van der Waals surface area contributed by atoms with Crippen molar-refractivity contribution >= 4 is 33.0 Å². The standard InChI is InChI=1S/C14H15N5O5S/c1-24-10-4-7-12(13(8-10)19(20)21)17-14(16)18-25(22,23)11-5-2-9(15)3-6-11/h2-8H,15H2,1H3,(H3,16,17,18). The van der Waals surface area contributed by atoms with Gasteiger partial charge in [0, 0.05) is 5.69 Å². The maximum atomic E-state index is 12.2. The quantitative estimate of drug-likeness (QED) is 0.235. The summed E-state index contributed by atoms with van der Waals surface area (Å²) in [5.74, 6) is -0.257. The average Bonchev–Trinajstić information content (AvgIpc) is 2.54. The van der Waals surface area contributed by atoms with Crippen molar-refractivity contribution in [2.45, 2.75) is 4.90 Å². The number of ether oxygens (including phenoxy) is 1. The molecule has 2 aromatic carbocycles. The highest BCUT2D eigenvalue weighted by atomic mass is 32.2. The number of hydrogen-bond donors (Lipinski definition) is 3. The number of sulfonamides is 1. The highest BCUT2D eigenvalue weighted by Crippen LogP contribution is 2.28. The number of hydrogen-bond acceptors (Lipinski definition) is 6. The molecule has 0 unspecified atom stereocenters. The van der Waals surface area contributed by atoms with Gasteiger partial charge in [-0.2, -0.15) is 8.42 Å². The Labute approximate surface area is 143 Å². The van der Waals surface area contributed by atoms with Gasteiger partial charge in [0.25, 0.3) is 15.7 Å². The van der Waals surface area contributed by atoms with Gasteiger partial charge in [0.2, 0.25) is 5.96 Å². The van der Waals surface area contributed by atoms with Crippen LogP contribution < -0.4 is 21.5 Å². The van der Waals surface area contributed by atoms with Crippen LogP contribution in [0.4, 0.5) is 17.1 Å². The van der Waals surface area contributed by atoms with Crippen LogP contribution in [0.15, 0.2) is 51.8 Å². The average molecular weight is 365 g/mol. The number of nitrogens with one attached hydrogen (secondary N) is 1. The zero-order valence-corrected chi connectivity index (χ0v) is 13.9. The Balaban J connectivity index is 2.32. The van der Waals surface area contributed by atoms with E-state index >= 15 is 0 Å². The third-order valence-corrected chi connectivity index (χ3v) is 4.37. The maximum Gasteiger partial charge on any atom is 0.296 e. The van der Waals surface area contributed by atoms with Crippen LogP contribution in [0.5, 0.6) is 5.75 Å². The summed E-state index contributed by atoms with van der Waals surface area (Å²) in [6, 6.07) is 9.31. The molecule has 5 N–H and O–H groups in total. The molecule has 11 heteroatoms. The van der Waals surface area contributed by atoms with Gasteiger partial charge >= 0.3 is 0 Å². The van der Waals surface area contributed by atoms with Crippen LogP contribution in [0.1, 0.15) is 0 Å². The Kier molecular flexibility index (Phi) is 5.08. The van der Waals surface area contributed by atoms with Gasteiger partial charge in [-0.05, 0) is 36.4 Å². The second kappa shape index (κ2) is 7.05. The Morgan fingerprint density at radius 1 is 1.24 bits per heavy atom. The van der Waals surface area contributed by atoms with Crippen LogP contribution in [0.3, 0.4) is 0 Å². The van der Waals surface area contributed by atoms with E-state index in [1.165, 1.54) is 49.6 Å². The molecular weight excluding hydrogens is 350 g/mol. The molecule has 2 rings (SSSR count). The molecule has 0 aromatic heterocycles. The number of nitrogens with zero attached hydrogens (tertiary/aromatic N) is 2. The largest absolute Gasteiger partial charge is 0.496 e. The number of nitro groups is 1. The molecule has 0 saturated heterocycles. The zero-order valence-electron chi connectivity index (χ0n) is 13.0. The summed E-state index contributed by atoms with van der Waals surface area (Å²) in [5, 5.41) is 13.5. The summed E-state index contributed by atoms with van der Waals surface area (Å²) >= 11 is 0. The number of nitro benzene ring substituents is 1. The number of benzene rings is 2. The Morgan fingerprint density at radius 3 is 2.44 bits per heavy atom. The number of anilines is 2. The number of nitrogens with two attached hydrogens (primary N) is 2. The first-order chi connectivity index (χ1) is 11.7. The smallest absolute Gasteiger partial charge is 0.296 e. The lowest BCUT2D eigenvalue weighted by Crippen LogP contribution is -2.24. The minimum absolute atomic E-state index is 0.0282. The van der Waals surface area contributed by atoms with Gasteiger partial charge in [0.1, 0.15) is 11.4 Å². The van der Waals surface area contributed by atoms with Crippen molar-refractivity contribution in [1.82, 2.24) is 0 Å². The van der Waals surface area contributed by atoms with E-state index in [-0.39, 0.29) is 22.0 Å². The Morgan fingerprint density at radius 2 is 1.88 bits per heavy atom. The highest BCUT2D eigenvalue weighted by molar-refractivity contribution is 7.90. The van der Waals surface area contributed by atoms with Crippen molar-refractivity contribution in [3.05, 3.63) is 52.6 Å². The van der Waals surface area contributed by atoms with Crippen LogP contribution in [-0.2, 0) is 10.0 Å². The molecule has 2 aromatic rings. The predicted molar refractivity (Wildman–Crippen MR) is 92.9 cm³/mol. The summed E-state index contributed by atoms with van der Waals surface area (Å²) in [6.45, 7) is 0. The van der Waals surface area contributed by atoms with Crippen molar-refractivity contribution in [3.63, 3.8) is 0 Å². The molecule has 0 fully saturated rings. The van der Waals surface area contributed by atoms with Crippen LogP contribution in [-0.4, -0.2) is 26.4 Å². The lowest BCUT2D eigenvalue weighted by molar-refractivity contribution is -0.384. The van der Waals surface area contributed by atoms with Gasteiger partial charge in [-0.1, -0.05) is 0 Å². The maximum absolute atomic E-state index is 12.2. The number of nitrogen functional groups attached to an aromatic ring is 1. The Hall–Kier alpha value is -3.34. The molecular formula is C14H15N5O5S. The first kappa shape index (κ1) is 18.0. The topological polar surface area (TPSA) is 163 Å². The fourth-order valence-electron chi connectivity index (χ4n) is 1.88. The SMILES string of the molecule is COc1ccc(N/C(N)=N/S(=O)(=O)c2ccc(N)cc2)c([N+](=O)[O-])c1. The normalized spacial score (nSPS) is 11.8. The third kappa shape index (κ3) is 4.35. The fraction of sp³-hybridized carbons (Fsp3) is 0.0714. The van der Waals surface area contributed by atoms with E-state index in [0.717, 1.165) is 0 Å². The molecule has 0 aliphatic rings. The number of rotatable bonds is 5. The molecule has 25 heavy (non-hydrogen) atoms. The molecule has 0 radical (unpaired) electrons. The summed E-state index contributed by atoms with van der Waals surface area (Å²) in [6.07, 6.45) is 0. The minimum Gasteiger partial charge on any atom is -0.496 e. The molecule has 0 saturated carbocycles. The van der Waals surface area contributed by atoms with Gasteiger partial charge < -0.3 is 21.5 Å². The van der Waals surface area contributed by atoms with E-state index in [9.17, 15) is 18.5 Å². The van der Waals surface area contributed by atoms with E-state index in [4.69, 9.17) is 16.2 Å². The molecule has 10 nitrogen and oxygen atoms in total.